The monoisotopic (exact) mass is 232 g/mol. The van der Waals surface area contributed by atoms with Gasteiger partial charge in [-0.2, -0.15) is 0 Å². The number of carboxylic acids is 1. The Morgan fingerprint density at radius 2 is 2.24 bits per heavy atom. The molecule has 2 rings (SSSR count). The molecule has 0 amide bonds. The SMILES string of the molecule is CC(C)Cc1nc2ccc(CC(=O)O)cc2[nH]1. The zero-order valence-corrected chi connectivity index (χ0v) is 10.0. The number of nitrogens with zero attached hydrogens (tertiary/aromatic N) is 1. The third-order valence-electron chi connectivity index (χ3n) is 2.55. The average molecular weight is 232 g/mol. The number of rotatable bonds is 4. The highest BCUT2D eigenvalue weighted by Crippen LogP contribution is 2.16. The molecule has 2 aromatic rings. The standard InChI is InChI=1S/C13H16N2O2/c1-8(2)5-12-14-10-4-3-9(7-13(16)17)6-11(10)15-12/h3-4,6,8H,5,7H2,1-2H3,(H,14,15)(H,16,17). The normalized spacial score (nSPS) is 11.2. The maximum atomic E-state index is 10.6. The zero-order valence-electron chi connectivity index (χ0n) is 10.0. The highest BCUT2D eigenvalue weighted by Gasteiger charge is 2.07. The summed E-state index contributed by atoms with van der Waals surface area (Å²) >= 11 is 0. The van der Waals surface area contributed by atoms with E-state index in [9.17, 15) is 4.79 Å². The fourth-order valence-electron chi connectivity index (χ4n) is 1.88. The quantitative estimate of drug-likeness (QED) is 0.850. The summed E-state index contributed by atoms with van der Waals surface area (Å²) in [7, 11) is 0. The van der Waals surface area contributed by atoms with Crippen LogP contribution in [0.1, 0.15) is 25.2 Å². The number of benzene rings is 1. The second kappa shape index (κ2) is 4.57. The Kier molecular flexibility index (Phi) is 3.13. The van der Waals surface area contributed by atoms with Crippen molar-refractivity contribution in [3.05, 3.63) is 29.6 Å². The maximum Gasteiger partial charge on any atom is 0.307 e. The van der Waals surface area contributed by atoms with Crippen molar-refractivity contribution < 1.29 is 9.90 Å². The number of fused-ring (bicyclic) bond motifs is 1. The minimum absolute atomic E-state index is 0.0501. The van der Waals surface area contributed by atoms with E-state index in [4.69, 9.17) is 5.11 Å². The highest BCUT2D eigenvalue weighted by molar-refractivity contribution is 5.78. The number of carboxylic acid groups (broad SMARTS) is 1. The van der Waals surface area contributed by atoms with Gasteiger partial charge in [0.2, 0.25) is 0 Å². The maximum absolute atomic E-state index is 10.6. The summed E-state index contributed by atoms with van der Waals surface area (Å²) in [5.41, 5.74) is 2.61. The van der Waals surface area contributed by atoms with Crippen LogP contribution < -0.4 is 0 Å². The molecule has 0 aliphatic rings. The average Bonchev–Trinajstić information content (AvgIpc) is 2.56. The summed E-state index contributed by atoms with van der Waals surface area (Å²) in [6.45, 7) is 4.28. The summed E-state index contributed by atoms with van der Waals surface area (Å²) in [4.78, 5) is 18.3. The highest BCUT2D eigenvalue weighted by atomic mass is 16.4. The molecule has 0 fully saturated rings. The summed E-state index contributed by atoms with van der Waals surface area (Å²) in [6, 6.07) is 5.55. The lowest BCUT2D eigenvalue weighted by Gasteiger charge is -1.98. The molecular weight excluding hydrogens is 216 g/mol. The molecule has 2 N–H and O–H groups in total. The number of aromatic amines is 1. The van der Waals surface area contributed by atoms with Gasteiger partial charge in [0, 0.05) is 6.42 Å². The minimum Gasteiger partial charge on any atom is -0.481 e. The molecule has 1 aromatic heterocycles. The van der Waals surface area contributed by atoms with E-state index in [0.717, 1.165) is 28.8 Å². The van der Waals surface area contributed by atoms with Crippen LogP contribution in [0.15, 0.2) is 18.2 Å². The first-order valence-electron chi connectivity index (χ1n) is 5.74. The number of H-pyrrole nitrogens is 1. The van der Waals surface area contributed by atoms with Crippen molar-refractivity contribution in [3.8, 4) is 0 Å². The van der Waals surface area contributed by atoms with E-state index in [1.54, 1.807) is 0 Å². The van der Waals surface area contributed by atoms with Crippen LogP contribution in [0.5, 0.6) is 0 Å². The van der Waals surface area contributed by atoms with E-state index >= 15 is 0 Å². The van der Waals surface area contributed by atoms with Gasteiger partial charge in [-0.3, -0.25) is 4.79 Å². The molecule has 0 saturated carbocycles. The summed E-state index contributed by atoms with van der Waals surface area (Å²) in [5, 5.41) is 8.74. The van der Waals surface area contributed by atoms with Crippen molar-refractivity contribution in [2.45, 2.75) is 26.7 Å². The smallest absolute Gasteiger partial charge is 0.307 e. The second-order valence-electron chi connectivity index (χ2n) is 4.70. The van der Waals surface area contributed by atoms with Crippen molar-refractivity contribution in [2.24, 2.45) is 5.92 Å². The van der Waals surface area contributed by atoms with Crippen molar-refractivity contribution in [3.63, 3.8) is 0 Å². The molecule has 0 saturated heterocycles. The molecular formula is C13H16N2O2. The zero-order chi connectivity index (χ0) is 12.4. The predicted octanol–water partition coefficient (Wildman–Crippen LogP) is 2.39. The van der Waals surface area contributed by atoms with Gasteiger partial charge in [-0.25, -0.2) is 4.98 Å². The van der Waals surface area contributed by atoms with Gasteiger partial charge < -0.3 is 10.1 Å². The van der Waals surface area contributed by atoms with Gasteiger partial charge >= 0.3 is 5.97 Å². The fraction of sp³-hybridized carbons (Fsp3) is 0.385. The number of imidazole rings is 1. The Balaban J connectivity index is 2.30. The van der Waals surface area contributed by atoms with E-state index < -0.39 is 5.97 Å². The molecule has 0 unspecified atom stereocenters. The van der Waals surface area contributed by atoms with Gasteiger partial charge in [0.25, 0.3) is 0 Å². The minimum atomic E-state index is -0.814. The number of aromatic nitrogens is 2. The largest absolute Gasteiger partial charge is 0.481 e. The number of hydrogen-bond donors (Lipinski definition) is 2. The molecule has 1 heterocycles. The topological polar surface area (TPSA) is 66.0 Å². The Hall–Kier alpha value is -1.84. The van der Waals surface area contributed by atoms with Crippen molar-refractivity contribution in [1.82, 2.24) is 9.97 Å². The lowest BCUT2D eigenvalue weighted by molar-refractivity contribution is -0.136. The van der Waals surface area contributed by atoms with Crippen LogP contribution in [-0.4, -0.2) is 21.0 Å². The first-order valence-corrected chi connectivity index (χ1v) is 5.74. The van der Waals surface area contributed by atoms with Crippen LogP contribution in [0.2, 0.25) is 0 Å². The van der Waals surface area contributed by atoms with Crippen LogP contribution in [0.25, 0.3) is 11.0 Å². The molecule has 4 heteroatoms. The predicted molar refractivity (Wildman–Crippen MR) is 66.0 cm³/mol. The lowest BCUT2D eigenvalue weighted by Crippen LogP contribution is -1.99. The van der Waals surface area contributed by atoms with Crippen molar-refractivity contribution >= 4 is 17.0 Å². The Morgan fingerprint density at radius 1 is 1.47 bits per heavy atom. The first kappa shape index (κ1) is 11.6. The van der Waals surface area contributed by atoms with E-state index in [-0.39, 0.29) is 6.42 Å². The summed E-state index contributed by atoms with van der Waals surface area (Å²) < 4.78 is 0. The van der Waals surface area contributed by atoms with E-state index in [0.29, 0.717) is 5.92 Å². The Labute approximate surface area is 99.7 Å². The first-order chi connectivity index (χ1) is 8.04. The number of carbonyl (C=O) groups is 1. The molecule has 0 spiro atoms. The van der Waals surface area contributed by atoms with Crippen LogP contribution in [0, 0.1) is 5.92 Å². The van der Waals surface area contributed by atoms with E-state index in [1.807, 2.05) is 18.2 Å². The van der Waals surface area contributed by atoms with Crippen LogP contribution in [0.4, 0.5) is 0 Å². The third kappa shape index (κ3) is 2.84. The van der Waals surface area contributed by atoms with Gasteiger partial charge in [-0.05, 0) is 23.6 Å². The number of aliphatic carboxylic acids is 1. The van der Waals surface area contributed by atoms with Gasteiger partial charge in [-0.1, -0.05) is 19.9 Å². The molecule has 0 aliphatic carbocycles. The van der Waals surface area contributed by atoms with Crippen LogP contribution in [-0.2, 0) is 17.6 Å². The van der Waals surface area contributed by atoms with Gasteiger partial charge in [0.05, 0.1) is 17.5 Å². The molecule has 0 atom stereocenters. The van der Waals surface area contributed by atoms with E-state index in [2.05, 4.69) is 23.8 Å². The van der Waals surface area contributed by atoms with Crippen molar-refractivity contribution in [2.75, 3.05) is 0 Å². The number of nitrogens with one attached hydrogen (secondary N) is 1. The summed E-state index contributed by atoms with van der Waals surface area (Å²) in [6.07, 6.45) is 0.956. The van der Waals surface area contributed by atoms with Gasteiger partial charge in [-0.15, -0.1) is 0 Å². The molecule has 1 aromatic carbocycles. The molecule has 0 bridgehead atoms. The molecule has 0 aliphatic heterocycles. The van der Waals surface area contributed by atoms with Gasteiger partial charge in [0.15, 0.2) is 0 Å². The Bertz CT molecular complexity index is 543. The molecule has 17 heavy (non-hydrogen) atoms. The van der Waals surface area contributed by atoms with Crippen molar-refractivity contribution in [1.29, 1.82) is 0 Å². The summed E-state index contributed by atoms with van der Waals surface area (Å²) in [5.74, 6) is 0.697. The molecule has 0 radical (unpaired) electrons. The number of hydrogen-bond acceptors (Lipinski definition) is 2. The fourth-order valence-corrected chi connectivity index (χ4v) is 1.88. The lowest BCUT2D eigenvalue weighted by atomic mass is 10.1. The van der Waals surface area contributed by atoms with Crippen LogP contribution >= 0.6 is 0 Å². The molecule has 90 valence electrons. The third-order valence-corrected chi connectivity index (χ3v) is 2.55. The van der Waals surface area contributed by atoms with Crippen LogP contribution in [0.3, 0.4) is 0 Å². The second-order valence-corrected chi connectivity index (χ2v) is 4.70. The van der Waals surface area contributed by atoms with Gasteiger partial charge in [0.1, 0.15) is 5.82 Å². The Morgan fingerprint density at radius 3 is 2.88 bits per heavy atom. The van der Waals surface area contributed by atoms with E-state index in [1.165, 1.54) is 0 Å². The molecule has 4 nitrogen and oxygen atoms in total.